The molecule has 8 nitrogen and oxygen atoms in total. The molecule has 2 heterocycles. The number of pyridine rings is 1. The van der Waals surface area contributed by atoms with Gasteiger partial charge >= 0.3 is 75.0 Å². The number of amides is 1. The van der Waals surface area contributed by atoms with Crippen molar-refractivity contribution in [1.82, 2.24) is 20.3 Å². The van der Waals surface area contributed by atoms with Crippen LogP contribution in [0.4, 0.5) is 10.5 Å². The first-order chi connectivity index (χ1) is 16.3. The number of anilines is 1. The Kier molecular flexibility index (Phi) is 18.8. The molecule has 10 heteroatoms. The van der Waals surface area contributed by atoms with Gasteiger partial charge in [0.05, 0.1) is 11.4 Å². The van der Waals surface area contributed by atoms with Crippen LogP contribution in [0, 0.1) is 35.1 Å². The molecule has 1 unspecified atom stereocenters. The molecule has 0 spiro atoms. The average Bonchev–Trinajstić information content (AvgIpc) is 2.72. The number of carbonyl (C=O) groups excluding carboxylic acids is 1. The summed E-state index contributed by atoms with van der Waals surface area (Å²) in [6, 6.07) is -0.483. The third-order valence-corrected chi connectivity index (χ3v) is 5.01. The van der Waals surface area contributed by atoms with Gasteiger partial charge in [-0.25, -0.2) is 20.8 Å². The summed E-state index contributed by atoms with van der Waals surface area (Å²) >= 11 is 1.75. The summed E-state index contributed by atoms with van der Waals surface area (Å²) in [5, 5.41) is 2.73. The maximum absolute atomic E-state index is 13.6. The molecule has 1 amide bonds. The molecule has 2 N–H and O–H groups in total. The predicted octanol–water partition coefficient (Wildman–Crippen LogP) is 2.42. The number of hydrogen-bond donors (Lipinski definition) is 2. The van der Waals surface area contributed by atoms with Crippen molar-refractivity contribution < 1.29 is 78.4 Å². The Morgan fingerprint density at radius 3 is 2.27 bits per heavy atom. The van der Waals surface area contributed by atoms with Crippen molar-refractivity contribution in [3.8, 4) is 0 Å². The second-order valence-electron chi connectivity index (χ2n) is 9.42. The van der Waals surface area contributed by atoms with E-state index in [1.165, 1.54) is 0 Å². The van der Waals surface area contributed by atoms with Gasteiger partial charge in [-0.2, -0.15) is 11.8 Å². The SMILES string of the molecule is C=CCC(C)c1[nH]c2nc(C)c(C)nc2c(=O)c1N(CCNC(=O)OC(C)(C)C)C([CH2-])[CH2-].CSC.[CH3-].[Cs+]. The van der Waals surface area contributed by atoms with Crippen molar-refractivity contribution in [1.29, 1.82) is 0 Å². The number of carbonyl (C=O) groups is 1. The third-order valence-electron chi connectivity index (χ3n) is 5.01. The largest absolute Gasteiger partial charge is 1.00 e. The van der Waals surface area contributed by atoms with Crippen LogP contribution in [0.15, 0.2) is 17.4 Å². The fourth-order valence-electron chi connectivity index (χ4n) is 3.35. The number of allylic oxidation sites excluding steroid dienone is 1. The number of H-pyrrole nitrogens is 1. The quantitative estimate of drug-likeness (QED) is 0.334. The monoisotopic (exact) mass is 651 g/mol. The molecular weight excluding hydrogens is 607 g/mol. The minimum Gasteiger partial charge on any atom is -0.444 e. The van der Waals surface area contributed by atoms with E-state index < -0.39 is 17.7 Å². The first kappa shape index (κ1) is 38.6. The maximum atomic E-state index is 13.6. The smallest absolute Gasteiger partial charge is 0.444 e. The normalized spacial score (nSPS) is 11.4. The van der Waals surface area contributed by atoms with Gasteiger partial charge in [0.2, 0.25) is 5.43 Å². The van der Waals surface area contributed by atoms with Crippen LogP contribution in [-0.2, 0) is 4.74 Å². The molecule has 2 aromatic heterocycles. The van der Waals surface area contributed by atoms with Crippen LogP contribution >= 0.6 is 11.8 Å². The molecule has 204 valence electrons. The van der Waals surface area contributed by atoms with Gasteiger partial charge in [0.1, 0.15) is 11.3 Å². The number of rotatable bonds is 8. The molecule has 0 aliphatic rings. The van der Waals surface area contributed by atoms with Crippen molar-refractivity contribution in [3.05, 3.63) is 61.2 Å². The molecule has 0 saturated carbocycles. The van der Waals surface area contributed by atoms with Crippen LogP contribution < -0.4 is 84.5 Å². The fraction of sp³-hybridized carbons (Fsp3) is 0.519. The number of hydrogen-bond acceptors (Lipinski definition) is 7. The Morgan fingerprint density at radius 2 is 1.78 bits per heavy atom. The van der Waals surface area contributed by atoms with E-state index in [4.69, 9.17) is 4.74 Å². The van der Waals surface area contributed by atoms with E-state index in [2.05, 4.69) is 40.7 Å². The van der Waals surface area contributed by atoms with Crippen LogP contribution in [-0.4, -0.2) is 58.3 Å². The number of ether oxygens (including phenoxy) is 1. The standard InChI is InChI=1S/C24H35N5O3.C2H6S.CH3.Cs/c1-10-11-15(4)18-20(21(30)19-22(28-18)27-17(6)16(5)26-19)29(14(2)3)13-12-25-23(31)32-24(7,8)9;1-3-2;;/h10,14-15H,1-3,11-13H2,4-9H3,(H,25,31)(H,27,28,30);1-2H3;1H3;/q-2;;-1;+1. The van der Waals surface area contributed by atoms with Crippen molar-refractivity contribution in [2.75, 3.05) is 30.5 Å². The Labute approximate surface area is 287 Å². The van der Waals surface area contributed by atoms with Gasteiger partial charge in [-0.15, -0.1) is 6.58 Å². The second-order valence-corrected chi connectivity index (χ2v) is 10.2. The summed E-state index contributed by atoms with van der Waals surface area (Å²) in [4.78, 5) is 39.8. The molecule has 2 aromatic rings. The number of aromatic nitrogens is 3. The molecular formula is C27H44CsN5O3S-2. The molecule has 0 bridgehead atoms. The molecule has 0 aliphatic carbocycles. The zero-order chi connectivity index (χ0) is 26.9. The van der Waals surface area contributed by atoms with Crippen molar-refractivity contribution in [2.45, 2.75) is 65.5 Å². The van der Waals surface area contributed by atoms with Gasteiger partial charge in [-0.3, -0.25) is 4.79 Å². The molecule has 2 rings (SSSR count). The van der Waals surface area contributed by atoms with Crippen molar-refractivity contribution in [3.63, 3.8) is 0 Å². The summed E-state index contributed by atoms with van der Waals surface area (Å²) in [5.41, 5.74) is 2.48. The van der Waals surface area contributed by atoms with E-state index >= 15 is 0 Å². The minimum absolute atomic E-state index is 0. The minimum atomic E-state index is -0.595. The molecule has 0 aromatic carbocycles. The fourth-order valence-corrected chi connectivity index (χ4v) is 3.35. The van der Waals surface area contributed by atoms with E-state index in [-0.39, 0.29) is 99.7 Å². The van der Waals surface area contributed by atoms with E-state index in [0.717, 1.165) is 11.4 Å². The van der Waals surface area contributed by atoms with Gasteiger partial charge in [0.15, 0.2) is 11.2 Å². The van der Waals surface area contributed by atoms with E-state index in [0.29, 0.717) is 30.0 Å². The zero-order valence-corrected chi connectivity index (χ0v) is 31.5. The summed E-state index contributed by atoms with van der Waals surface area (Å²) in [6.07, 6.45) is 6.03. The molecule has 37 heavy (non-hydrogen) atoms. The Bertz CT molecular complexity index is 1070. The van der Waals surface area contributed by atoms with Gasteiger partial charge in [0, 0.05) is 24.7 Å². The topological polar surface area (TPSA) is 100 Å². The third kappa shape index (κ3) is 12.1. The van der Waals surface area contributed by atoms with Gasteiger partial charge in [0.25, 0.3) is 0 Å². The van der Waals surface area contributed by atoms with Crippen LogP contribution in [0.3, 0.4) is 0 Å². The predicted molar refractivity (Wildman–Crippen MR) is 155 cm³/mol. The van der Waals surface area contributed by atoms with Gasteiger partial charge in [-0.1, -0.05) is 13.0 Å². The maximum Gasteiger partial charge on any atom is 1.00 e. The molecule has 1 atom stereocenters. The first-order valence-corrected chi connectivity index (χ1v) is 13.2. The second kappa shape index (κ2) is 18.0. The zero-order valence-electron chi connectivity index (χ0n) is 24.4. The first-order valence-electron chi connectivity index (χ1n) is 11.6. The summed E-state index contributed by atoms with van der Waals surface area (Å²) in [6.45, 7) is 23.5. The Hall–Kier alpha value is -0.498. The summed E-state index contributed by atoms with van der Waals surface area (Å²) < 4.78 is 5.29. The molecule has 0 aliphatic heterocycles. The van der Waals surface area contributed by atoms with Crippen LogP contribution in [0.1, 0.15) is 57.1 Å². The number of alkyl carbamates (subject to hydrolysis) is 1. The van der Waals surface area contributed by atoms with Crippen LogP contribution in [0.25, 0.3) is 11.2 Å². The average molecular weight is 652 g/mol. The van der Waals surface area contributed by atoms with Crippen LogP contribution in [0.2, 0.25) is 0 Å². The summed E-state index contributed by atoms with van der Waals surface area (Å²) in [5.74, 6) is -0.0249. The molecule has 0 fully saturated rings. The number of nitrogens with one attached hydrogen (secondary N) is 2. The molecule has 0 saturated heterocycles. The number of aryl methyl sites for hydroxylation is 2. The summed E-state index contributed by atoms with van der Waals surface area (Å²) in [7, 11) is 0. The molecule has 0 radical (unpaired) electrons. The Balaban J connectivity index is 0. The van der Waals surface area contributed by atoms with E-state index in [1.54, 1.807) is 37.4 Å². The van der Waals surface area contributed by atoms with Crippen LogP contribution in [0.5, 0.6) is 0 Å². The Morgan fingerprint density at radius 1 is 1.24 bits per heavy atom. The van der Waals surface area contributed by atoms with Crippen molar-refractivity contribution >= 4 is 34.7 Å². The number of nitrogens with zero attached hydrogens (tertiary/aromatic N) is 3. The van der Waals surface area contributed by atoms with Gasteiger partial charge < -0.3 is 41.2 Å². The van der Waals surface area contributed by atoms with E-state index in [1.807, 2.05) is 39.4 Å². The number of thioether (sulfide) groups is 1. The number of fused-ring (bicyclic) bond motifs is 1. The van der Waals surface area contributed by atoms with Crippen molar-refractivity contribution in [2.24, 2.45) is 0 Å². The van der Waals surface area contributed by atoms with E-state index in [9.17, 15) is 9.59 Å². The van der Waals surface area contributed by atoms with Gasteiger partial charge in [-0.05, 0) is 53.6 Å². The number of aromatic amines is 1.